The third-order valence-corrected chi connectivity index (χ3v) is 2.26. The quantitative estimate of drug-likeness (QED) is 0.275. The van der Waals surface area contributed by atoms with E-state index in [4.69, 9.17) is 5.11 Å². The van der Waals surface area contributed by atoms with Crippen molar-refractivity contribution in [3.8, 4) is 0 Å². The van der Waals surface area contributed by atoms with E-state index < -0.39 is 36.9 Å². The standard InChI is InChI=1S/C11H13N5O5/c17-6-13-3-9(18)16-8(1-7-2-12-5-15-7)11(21)14-4-10(19)20/h2,5,8H,1,3-4H2,(H,12,15)(H,14,21)(H,16,18)(H,19,20)/p-1. The molecule has 0 spiro atoms. The number of aliphatic carboxylic acids is 1. The molecular formula is C11H12N5O5-. The van der Waals surface area contributed by atoms with Crippen molar-refractivity contribution in [2.24, 2.45) is 9.98 Å². The van der Waals surface area contributed by atoms with Gasteiger partial charge in [0, 0.05) is 18.3 Å². The average Bonchev–Trinajstić information content (AvgIpc) is 2.94. The number of hydrogen-bond donors (Lipinski definition) is 3. The number of carboxylic acid groups (broad SMARTS) is 1. The summed E-state index contributed by atoms with van der Waals surface area (Å²) >= 11 is 0. The van der Waals surface area contributed by atoms with Crippen molar-refractivity contribution in [1.29, 1.82) is 0 Å². The molecule has 0 aliphatic rings. The lowest BCUT2D eigenvalue weighted by Crippen LogP contribution is -2.39. The lowest BCUT2D eigenvalue weighted by Gasteiger charge is -2.15. The number of amides is 1. The molecule has 0 saturated carbocycles. The van der Waals surface area contributed by atoms with E-state index in [2.05, 4.69) is 25.3 Å². The van der Waals surface area contributed by atoms with Crippen LogP contribution in [0, 0.1) is 0 Å². The van der Waals surface area contributed by atoms with Crippen molar-refractivity contribution in [1.82, 2.24) is 15.3 Å². The van der Waals surface area contributed by atoms with Crippen LogP contribution in [0.3, 0.4) is 0 Å². The number of aliphatic imine (C=N–C) groups is 2. The van der Waals surface area contributed by atoms with Crippen LogP contribution in [-0.4, -0.2) is 58.1 Å². The lowest BCUT2D eigenvalue weighted by molar-refractivity contribution is -0.217. The molecule has 3 N–H and O–H groups in total. The Balaban J connectivity index is 2.80. The number of rotatable bonds is 8. The van der Waals surface area contributed by atoms with Gasteiger partial charge in [-0.1, -0.05) is 0 Å². The zero-order valence-corrected chi connectivity index (χ0v) is 10.8. The minimum Gasteiger partial charge on any atom is -0.861 e. The molecule has 1 atom stereocenters. The Morgan fingerprint density at radius 1 is 1.57 bits per heavy atom. The smallest absolute Gasteiger partial charge is 0.322 e. The number of nitrogens with zero attached hydrogens (tertiary/aromatic N) is 3. The molecule has 0 saturated heterocycles. The van der Waals surface area contributed by atoms with Gasteiger partial charge in [0.05, 0.1) is 12.9 Å². The van der Waals surface area contributed by atoms with Gasteiger partial charge in [0.15, 0.2) is 0 Å². The first-order valence-corrected chi connectivity index (χ1v) is 5.77. The number of nitrogens with one attached hydrogen (secondary N) is 2. The summed E-state index contributed by atoms with van der Waals surface area (Å²) in [6.45, 7) is -1.11. The summed E-state index contributed by atoms with van der Waals surface area (Å²) in [4.78, 5) is 45.3. The van der Waals surface area contributed by atoms with Gasteiger partial charge >= 0.3 is 5.97 Å². The van der Waals surface area contributed by atoms with Crippen molar-refractivity contribution in [3.05, 3.63) is 18.2 Å². The maximum absolute atomic E-state index is 11.8. The Morgan fingerprint density at radius 3 is 2.90 bits per heavy atom. The van der Waals surface area contributed by atoms with Gasteiger partial charge in [0.25, 0.3) is 0 Å². The second-order valence-corrected chi connectivity index (χ2v) is 3.84. The van der Waals surface area contributed by atoms with Crippen LogP contribution in [0.5, 0.6) is 0 Å². The largest absolute Gasteiger partial charge is 0.861 e. The van der Waals surface area contributed by atoms with Gasteiger partial charge in [-0.05, 0) is 5.90 Å². The zero-order valence-electron chi connectivity index (χ0n) is 10.8. The van der Waals surface area contributed by atoms with E-state index in [1.54, 1.807) is 0 Å². The first kappa shape index (κ1) is 16.1. The van der Waals surface area contributed by atoms with E-state index in [-0.39, 0.29) is 6.42 Å². The number of isocyanates is 1. The van der Waals surface area contributed by atoms with Gasteiger partial charge in [-0.2, -0.15) is 0 Å². The third-order valence-electron chi connectivity index (χ3n) is 2.26. The molecule has 0 aliphatic carbocycles. The van der Waals surface area contributed by atoms with E-state index in [1.165, 1.54) is 18.6 Å². The number of imidazole rings is 1. The Hall–Kier alpha value is -3.00. The van der Waals surface area contributed by atoms with E-state index in [0.29, 0.717) is 5.69 Å². The highest BCUT2D eigenvalue weighted by Gasteiger charge is 2.19. The van der Waals surface area contributed by atoms with Crippen molar-refractivity contribution >= 4 is 23.9 Å². The minimum atomic E-state index is -1.22. The molecule has 1 unspecified atom stereocenters. The predicted octanol–water partition coefficient (Wildman–Crippen LogP) is -2.38. The van der Waals surface area contributed by atoms with Crippen molar-refractivity contribution < 1.29 is 24.6 Å². The fraction of sp³-hybridized carbons (Fsp3) is 0.364. The maximum atomic E-state index is 11.8. The molecule has 112 valence electrons. The molecule has 21 heavy (non-hydrogen) atoms. The van der Waals surface area contributed by atoms with Crippen molar-refractivity contribution in [3.63, 3.8) is 0 Å². The fourth-order valence-corrected chi connectivity index (χ4v) is 1.40. The Morgan fingerprint density at radius 2 is 2.33 bits per heavy atom. The minimum absolute atomic E-state index is 0.0298. The third kappa shape index (κ3) is 6.12. The molecule has 0 fully saturated rings. The molecule has 1 aromatic heterocycles. The first-order valence-electron chi connectivity index (χ1n) is 5.77. The summed E-state index contributed by atoms with van der Waals surface area (Å²) in [5, 5.41) is 22.1. The molecule has 1 rings (SSSR count). The van der Waals surface area contributed by atoms with E-state index >= 15 is 0 Å². The molecule has 0 bridgehead atoms. The monoisotopic (exact) mass is 294 g/mol. The number of aromatic nitrogens is 2. The van der Waals surface area contributed by atoms with E-state index in [0.717, 1.165) is 0 Å². The molecule has 1 amide bonds. The molecule has 10 heteroatoms. The number of carbonyl (C=O) groups is 2. The average molecular weight is 294 g/mol. The summed E-state index contributed by atoms with van der Waals surface area (Å²) in [5.74, 6) is -2.73. The zero-order chi connectivity index (χ0) is 15.7. The van der Waals surface area contributed by atoms with Crippen LogP contribution in [0.25, 0.3) is 0 Å². The van der Waals surface area contributed by atoms with Crippen molar-refractivity contribution in [2.45, 2.75) is 12.5 Å². The van der Waals surface area contributed by atoms with Crippen LogP contribution in [-0.2, 0) is 20.8 Å². The fourth-order valence-electron chi connectivity index (χ4n) is 1.40. The van der Waals surface area contributed by atoms with Crippen LogP contribution in [0.2, 0.25) is 0 Å². The number of H-pyrrole nitrogens is 1. The van der Waals surface area contributed by atoms with Crippen LogP contribution >= 0.6 is 0 Å². The summed E-state index contributed by atoms with van der Waals surface area (Å²) in [6, 6.07) is -1.14. The maximum Gasteiger partial charge on any atom is 0.322 e. The van der Waals surface area contributed by atoms with Gasteiger partial charge in [0.2, 0.25) is 12.0 Å². The molecule has 0 aromatic carbocycles. The summed E-state index contributed by atoms with van der Waals surface area (Å²) in [5.41, 5.74) is 0.543. The van der Waals surface area contributed by atoms with E-state index in [9.17, 15) is 19.5 Å². The van der Waals surface area contributed by atoms with Gasteiger partial charge in [0.1, 0.15) is 12.6 Å². The van der Waals surface area contributed by atoms with E-state index in [1.807, 2.05) is 0 Å². The van der Waals surface area contributed by atoms with Crippen LogP contribution in [0.1, 0.15) is 5.69 Å². The highest BCUT2D eigenvalue weighted by Crippen LogP contribution is 2.03. The lowest BCUT2D eigenvalue weighted by atomic mass is 10.1. The first-order chi connectivity index (χ1) is 10.0. The van der Waals surface area contributed by atoms with Gasteiger partial charge in [-0.15, -0.1) is 0 Å². The molecule has 1 aromatic rings. The molecule has 1 heterocycles. The second-order valence-electron chi connectivity index (χ2n) is 3.84. The summed E-state index contributed by atoms with van der Waals surface area (Å²) < 4.78 is 0. The summed E-state index contributed by atoms with van der Waals surface area (Å²) in [7, 11) is 0. The molecule has 0 aliphatic heterocycles. The molecular weight excluding hydrogens is 282 g/mol. The van der Waals surface area contributed by atoms with Crippen LogP contribution in [0.4, 0.5) is 0 Å². The van der Waals surface area contributed by atoms with Gasteiger partial charge < -0.3 is 20.5 Å². The molecule has 0 radical (unpaired) electrons. The highest BCUT2D eigenvalue weighted by molar-refractivity contribution is 5.88. The Bertz CT molecular complexity index is 562. The Labute approximate surface area is 118 Å². The SMILES string of the molecule is O=C=NCC([O-])=NC(Cc1cnc[nH]1)C(=O)NCC(=O)O. The topological polar surface area (TPSA) is 160 Å². The molecule has 10 nitrogen and oxygen atoms in total. The number of carbonyl (C=O) groups excluding carboxylic acids is 2. The number of carboxylic acids is 1. The predicted molar refractivity (Wildman–Crippen MR) is 67.1 cm³/mol. The van der Waals surface area contributed by atoms with Crippen LogP contribution in [0.15, 0.2) is 22.5 Å². The van der Waals surface area contributed by atoms with Gasteiger partial charge in [-0.3, -0.25) is 14.6 Å². The van der Waals surface area contributed by atoms with Gasteiger partial charge in [-0.25, -0.2) is 14.8 Å². The number of aromatic amines is 1. The number of hydrogen-bond acceptors (Lipinski definition) is 7. The highest BCUT2D eigenvalue weighted by atomic mass is 16.4. The van der Waals surface area contributed by atoms with Crippen LogP contribution < -0.4 is 10.4 Å². The summed E-state index contributed by atoms with van der Waals surface area (Å²) in [6.07, 6.45) is 4.05. The Kier molecular flexibility index (Phi) is 6.29. The normalized spacial score (nSPS) is 12.3. The van der Waals surface area contributed by atoms with Crippen molar-refractivity contribution in [2.75, 3.05) is 13.1 Å². The second kappa shape index (κ2) is 8.23.